The molecule has 1 aliphatic heterocycles. The second-order valence-corrected chi connectivity index (χ2v) is 6.13. The number of rotatable bonds is 6. The number of piperazine rings is 1. The Hall–Kier alpha value is -1.26. The molecule has 1 aromatic carbocycles. The van der Waals surface area contributed by atoms with Crippen LogP contribution in [0.4, 0.5) is 5.69 Å². The largest absolute Gasteiger partial charge is 0.497 e. The summed E-state index contributed by atoms with van der Waals surface area (Å²) in [5.74, 6) is 1.61. The highest BCUT2D eigenvalue weighted by molar-refractivity contribution is 5.51. The molecule has 1 unspecified atom stereocenters. The van der Waals surface area contributed by atoms with Crippen LogP contribution in [0.3, 0.4) is 0 Å². The molecule has 1 N–H and O–H groups in total. The number of ether oxygens (including phenoxy) is 1. The molecule has 118 valence electrons. The fraction of sp³-hybridized carbons (Fsp3) is 0.647. The van der Waals surface area contributed by atoms with Crippen LogP contribution < -0.4 is 15.0 Å². The first-order valence-corrected chi connectivity index (χ1v) is 7.92. The van der Waals surface area contributed by atoms with E-state index < -0.39 is 0 Å². The number of likely N-dealkylation sites (N-methyl/N-ethyl adjacent to an activating group) is 1. The maximum atomic E-state index is 5.31. The van der Waals surface area contributed by atoms with Crippen molar-refractivity contribution in [2.45, 2.75) is 19.9 Å². The smallest absolute Gasteiger partial charge is 0.120 e. The van der Waals surface area contributed by atoms with E-state index in [1.54, 1.807) is 7.11 Å². The summed E-state index contributed by atoms with van der Waals surface area (Å²) in [5.41, 5.74) is 1.27. The van der Waals surface area contributed by atoms with Gasteiger partial charge in [0.15, 0.2) is 0 Å². The summed E-state index contributed by atoms with van der Waals surface area (Å²) < 4.78 is 5.31. The Kier molecular flexibility index (Phi) is 5.88. The summed E-state index contributed by atoms with van der Waals surface area (Å²) in [6.07, 6.45) is 0. The average Bonchev–Trinajstić information content (AvgIpc) is 2.53. The van der Waals surface area contributed by atoms with Crippen molar-refractivity contribution < 1.29 is 4.74 Å². The van der Waals surface area contributed by atoms with E-state index in [9.17, 15) is 0 Å². The molecule has 0 amide bonds. The number of hydrogen-bond acceptors (Lipinski definition) is 4. The summed E-state index contributed by atoms with van der Waals surface area (Å²) in [5, 5.41) is 3.43. The van der Waals surface area contributed by atoms with Crippen molar-refractivity contribution in [2.24, 2.45) is 5.92 Å². The number of nitrogens with one attached hydrogen (secondary N) is 1. The molecule has 1 heterocycles. The first kappa shape index (κ1) is 16.1. The third-order valence-corrected chi connectivity index (χ3v) is 4.42. The molecule has 0 aromatic heterocycles. The van der Waals surface area contributed by atoms with E-state index in [1.807, 2.05) is 6.07 Å². The van der Waals surface area contributed by atoms with E-state index in [4.69, 9.17) is 4.74 Å². The zero-order chi connectivity index (χ0) is 15.2. The molecule has 1 saturated heterocycles. The Morgan fingerprint density at radius 1 is 1.19 bits per heavy atom. The zero-order valence-electron chi connectivity index (χ0n) is 13.8. The predicted molar refractivity (Wildman–Crippen MR) is 89.3 cm³/mol. The molecular weight excluding hydrogens is 262 g/mol. The third kappa shape index (κ3) is 4.35. The molecule has 0 aliphatic carbocycles. The molecule has 1 aromatic rings. The Bertz CT molecular complexity index is 428. The van der Waals surface area contributed by atoms with E-state index in [0.717, 1.165) is 38.5 Å². The van der Waals surface area contributed by atoms with E-state index >= 15 is 0 Å². The summed E-state index contributed by atoms with van der Waals surface area (Å²) in [4.78, 5) is 5.01. The standard InChI is InChI=1S/C17H29N3O/c1-14(2)17(18-3)13-19-8-10-20(11-9-19)15-6-5-7-16(12-15)21-4/h5-7,12,14,17-18H,8-11,13H2,1-4H3. The highest BCUT2D eigenvalue weighted by Crippen LogP contribution is 2.22. The van der Waals surface area contributed by atoms with Crippen LogP contribution in [0.1, 0.15) is 13.8 Å². The Morgan fingerprint density at radius 3 is 2.48 bits per heavy atom. The van der Waals surface area contributed by atoms with Crippen LogP contribution in [-0.4, -0.2) is 57.8 Å². The molecule has 4 heteroatoms. The molecule has 0 bridgehead atoms. The minimum atomic E-state index is 0.577. The van der Waals surface area contributed by atoms with Crippen LogP contribution in [-0.2, 0) is 0 Å². The van der Waals surface area contributed by atoms with Crippen molar-refractivity contribution in [3.8, 4) is 5.75 Å². The van der Waals surface area contributed by atoms with Crippen molar-refractivity contribution in [3.05, 3.63) is 24.3 Å². The summed E-state index contributed by atoms with van der Waals surface area (Å²) >= 11 is 0. The van der Waals surface area contributed by atoms with Crippen molar-refractivity contribution in [2.75, 3.05) is 51.8 Å². The Labute approximate surface area is 129 Å². The number of nitrogens with zero attached hydrogens (tertiary/aromatic N) is 2. The van der Waals surface area contributed by atoms with Gasteiger partial charge in [-0.1, -0.05) is 19.9 Å². The molecule has 4 nitrogen and oxygen atoms in total. The van der Waals surface area contributed by atoms with Gasteiger partial charge in [-0.2, -0.15) is 0 Å². The second-order valence-electron chi connectivity index (χ2n) is 6.13. The van der Waals surface area contributed by atoms with Gasteiger partial charge in [-0.3, -0.25) is 4.90 Å². The first-order chi connectivity index (χ1) is 10.1. The number of hydrogen-bond donors (Lipinski definition) is 1. The Balaban J connectivity index is 1.88. The van der Waals surface area contributed by atoms with Crippen LogP contribution in [0.25, 0.3) is 0 Å². The average molecular weight is 291 g/mol. The SMILES string of the molecule is CNC(CN1CCN(c2cccc(OC)c2)CC1)C(C)C. The quantitative estimate of drug-likeness (QED) is 0.868. The topological polar surface area (TPSA) is 27.7 Å². The molecule has 1 aliphatic rings. The number of anilines is 1. The van der Waals surface area contributed by atoms with Crippen LogP contribution in [0.2, 0.25) is 0 Å². The van der Waals surface area contributed by atoms with E-state index in [1.165, 1.54) is 5.69 Å². The molecule has 1 fully saturated rings. The number of methoxy groups -OCH3 is 1. The molecular formula is C17H29N3O. The van der Waals surface area contributed by atoms with Gasteiger partial charge >= 0.3 is 0 Å². The van der Waals surface area contributed by atoms with Crippen molar-refractivity contribution in [3.63, 3.8) is 0 Å². The van der Waals surface area contributed by atoms with Gasteiger partial charge in [0.1, 0.15) is 5.75 Å². The van der Waals surface area contributed by atoms with Crippen LogP contribution in [0.15, 0.2) is 24.3 Å². The van der Waals surface area contributed by atoms with E-state index in [-0.39, 0.29) is 0 Å². The minimum absolute atomic E-state index is 0.577. The van der Waals surface area contributed by atoms with Gasteiger partial charge in [-0.05, 0) is 25.1 Å². The lowest BCUT2D eigenvalue weighted by atomic mass is 10.0. The van der Waals surface area contributed by atoms with Gasteiger partial charge in [-0.25, -0.2) is 0 Å². The van der Waals surface area contributed by atoms with E-state index in [0.29, 0.717) is 12.0 Å². The lowest BCUT2D eigenvalue weighted by molar-refractivity contribution is 0.212. The normalized spacial score (nSPS) is 18.0. The van der Waals surface area contributed by atoms with Gasteiger partial charge in [-0.15, -0.1) is 0 Å². The molecule has 0 saturated carbocycles. The van der Waals surface area contributed by atoms with Crippen molar-refractivity contribution >= 4 is 5.69 Å². The van der Waals surface area contributed by atoms with Gasteiger partial charge in [0.05, 0.1) is 7.11 Å². The lowest BCUT2D eigenvalue weighted by Crippen LogP contribution is -2.51. The zero-order valence-corrected chi connectivity index (χ0v) is 13.8. The summed E-state index contributed by atoms with van der Waals surface area (Å²) in [7, 11) is 3.79. The Morgan fingerprint density at radius 2 is 1.90 bits per heavy atom. The van der Waals surface area contributed by atoms with Gasteiger partial charge < -0.3 is 15.0 Å². The number of benzene rings is 1. The van der Waals surface area contributed by atoms with Crippen molar-refractivity contribution in [1.29, 1.82) is 0 Å². The maximum Gasteiger partial charge on any atom is 0.120 e. The van der Waals surface area contributed by atoms with E-state index in [2.05, 4.69) is 54.2 Å². The second kappa shape index (κ2) is 7.66. The third-order valence-electron chi connectivity index (χ3n) is 4.42. The fourth-order valence-corrected chi connectivity index (χ4v) is 2.91. The predicted octanol–water partition coefficient (Wildman–Crippen LogP) is 2.06. The summed E-state index contributed by atoms with van der Waals surface area (Å²) in [6.45, 7) is 10.1. The molecule has 2 rings (SSSR count). The highest BCUT2D eigenvalue weighted by atomic mass is 16.5. The molecule has 21 heavy (non-hydrogen) atoms. The fourth-order valence-electron chi connectivity index (χ4n) is 2.91. The molecule has 0 radical (unpaired) electrons. The van der Waals surface area contributed by atoms with Crippen LogP contribution in [0, 0.1) is 5.92 Å². The monoisotopic (exact) mass is 291 g/mol. The van der Waals surface area contributed by atoms with Crippen LogP contribution >= 0.6 is 0 Å². The van der Waals surface area contributed by atoms with Gasteiger partial charge in [0, 0.05) is 50.5 Å². The minimum Gasteiger partial charge on any atom is -0.497 e. The first-order valence-electron chi connectivity index (χ1n) is 7.92. The van der Waals surface area contributed by atoms with Gasteiger partial charge in [0.2, 0.25) is 0 Å². The summed E-state index contributed by atoms with van der Waals surface area (Å²) in [6, 6.07) is 8.94. The maximum absolute atomic E-state index is 5.31. The lowest BCUT2D eigenvalue weighted by Gasteiger charge is -2.38. The van der Waals surface area contributed by atoms with Gasteiger partial charge in [0.25, 0.3) is 0 Å². The highest BCUT2D eigenvalue weighted by Gasteiger charge is 2.21. The molecule has 1 atom stereocenters. The van der Waals surface area contributed by atoms with Crippen molar-refractivity contribution in [1.82, 2.24) is 10.2 Å². The van der Waals surface area contributed by atoms with Crippen LogP contribution in [0.5, 0.6) is 5.75 Å². The molecule has 0 spiro atoms.